The van der Waals surface area contributed by atoms with E-state index in [1.54, 1.807) is 0 Å². The molecule has 0 saturated carbocycles. The summed E-state index contributed by atoms with van der Waals surface area (Å²) >= 11 is 1.24. The van der Waals surface area contributed by atoms with Gasteiger partial charge in [-0.3, -0.25) is 4.79 Å². The van der Waals surface area contributed by atoms with Crippen molar-refractivity contribution in [1.82, 2.24) is 10.3 Å². The lowest BCUT2D eigenvalue weighted by Gasteiger charge is -2.09. The van der Waals surface area contributed by atoms with Crippen LogP contribution in [-0.2, 0) is 21.1 Å². The third kappa shape index (κ3) is 5.67. The van der Waals surface area contributed by atoms with Gasteiger partial charge in [-0.2, -0.15) is 0 Å². The van der Waals surface area contributed by atoms with Crippen molar-refractivity contribution in [3.05, 3.63) is 35.3 Å². The number of hydrogen-bond donors (Lipinski definition) is 1. The van der Waals surface area contributed by atoms with Crippen LogP contribution in [0.1, 0.15) is 11.3 Å². The first-order valence-electron chi connectivity index (χ1n) is 7.90. The summed E-state index contributed by atoms with van der Waals surface area (Å²) < 4.78 is 63.2. The summed E-state index contributed by atoms with van der Waals surface area (Å²) in [6, 6.07) is 4.92. The first-order valence-corrected chi connectivity index (χ1v) is 10.5. The molecule has 1 saturated heterocycles. The quantitative estimate of drug-likeness (QED) is 0.804. The third-order valence-corrected chi connectivity index (χ3v) is 6.64. The van der Waals surface area contributed by atoms with Gasteiger partial charge in [0.1, 0.15) is 10.8 Å². The van der Waals surface area contributed by atoms with Gasteiger partial charge in [-0.15, -0.1) is 24.5 Å². The second kappa shape index (κ2) is 7.47. The number of nitrogens with zero attached hydrogens (tertiary/aromatic N) is 1. The molecule has 6 nitrogen and oxygen atoms in total. The number of ether oxygens (including phenoxy) is 1. The van der Waals surface area contributed by atoms with Gasteiger partial charge >= 0.3 is 6.36 Å². The molecule has 1 N–H and O–H groups in total. The van der Waals surface area contributed by atoms with Gasteiger partial charge in [0.25, 0.3) is 0 Å². The first-order chi connectivity index (χ1) is 12.6. The number of sulfone groups is 1. The van der Waals surface area contributed by atoms with E-state index in [0.717, 1.165) is 0 Å². The summed E-state index contributed by atoms with van der Waals surface area (Å²) in [5, 5.41) is 3.25. The number of benzene rings is 1. The van der Waals surface area contributed by atoms with Crippen molar-refractivity contribution in [2.45, 2.75) is 25.2 Å². The van der Waals surface area contributed by atoms with Crippen molar-refractivity contribution >= 4 is 27.1 Å². The summed E-state index contributed by atoms with van der Waals surface area (Å²) in [4.78, 5) is 16.9. The van der Waals surface area contributed by atoms with Crippen molar-refractivity contribution in [3.8, 4) is 16.3 Å². The minimum absolute atomic E-state index is 0.0426. The van der Waals surface area contributed by atoms with Crippen molar-refractivity contribution in [1.29, 1.82) is 0 Å². The fourth-order valence-corrected chi connectivity index (χ4v) is 5.26. The average molecular weight is 420 g/mol. The molecule has 146 valence electrons. The zero-order valence-corrected chi connectivity index (χ0v) is 15.5. The maximum absolute atomic E-state index is 12.2. The number of alkyl halides is 3. The van der Waals surface area contributed by atoms with E-state index >= 15 is 0 Å². The molecule has 1 aromatic carbocycles. The molecule has 0 radical (unpaired) electrons. The van der Waals surface area contributed by atoms with Gasteiger partial charge in [0.15, 0.2) is 9.84 Å². The normalized spacial score (nSPS) is 19.0. The molecular weight excluding hydrogens is 405 g/mol. The van der Waals surface area contributed by atoms with Crippen LogP contribution in [-0.4, -0.2) is 43.2 Å². The van der Waals surface area contributed by atoms with Gasteiger partial charge in [-0.25, -0.2) is 13.4 Å². The lowest BCUT2D eigenvalue weighted by atomic mass is 10.2. The highest BCUT2D eigenvalue weighted by Crippen LogP contribution is 2.29. The predicted octanol–water partition coefficient (Wildman–Crippen LogP) is 2.55. The number of thiazole rings is 1. The Morgan fingerprint density at radius 1 is 1.30 bits per heavy atom. The SMILES string of the molecule is O=C(Cc1cnc(-c2ccc(OC(F)(F)F)cc2)s1)N[C@@H]1CCS(=O)(=O)C1. The summed E-state index contributed by atoms with van der Waals surface area (Å²) in [5.41, 5.74) is 0.600. The van der Waals surface area contributed by atoms with Crippen molar-refractivity contribution in [2.75, 3.05) is 11.5 Å². The molecule has 1 amide bonds. The van der Waals surface area contributed by atoms with E-state index in [2.05, 4.69) is 15.0 Å². The largest absolute Gasteiger partial charge is 0.573 e. The molecule has 0 aliphatic carbocycles. The van der Waals surface area contributed by atoms with E-state index in [-0.39, 0.29) is 35.6 Å². The van der Waals surface area contributed by atoms with Crippen LogP contribution in [0.4, 0.5) is 13.2 Å². The zero-order valence-electron chi connectivity index (χ0n) is 13.8. The maximum Gasteiger partial charge on any atom is 0.573 e. The van der Waals surface area contributed by atoms with Crippen LogP contribution in [0.25, 0.3) is 10.6 Å². The van der Waals surface area contributed by atoms with E-state index in [4.69, 9.17) is 0 Å². The number of carbonyl (C=O) groups is 1. The number of amides is 1. The number of nitrogens with one attached hydrogen (secondary N) is 1. The van der Waals surface area contributed by atoms with Gasteiger partial charge in [-0.1, -0.05) is 0 Å². The van der Waals surface area contributed by atoms with Gasteiger partial charge < -0.3 is 10.1 Å². The second-order valence-corrected chi connectivity index (χ2v) is 9.39. The molecule has 1 aliphatic rings. The van der Waals surface area contributed by atoms with E-state index in [1.807, 2.05) is 0 Å². The van der Waals surface area contributed by atoms with Crippen molar-refractivity contribution in [2.24, 2.45) is 0 Å². The minimum Gasteiger partial charge on any atom is -0.406 e. The van der Waals surface area contributed by atoms with Crippen molar-refractivity contribution < 1.29 is 31.1 Å². The minimum atomic E-state index is -4.75. The molecule has 2 aromatic rings. The lowest BCUT2D eigenvalue weighted by molar-refractivity contribution is -0.274. The zero-order chi connectivity index (χ0) is 19.7. The Hall–Kier alpha value is -2.14. The Bertz CT molecular complexity index is 924. The highest BCUT2D eigenvalue weighted by atomic mass is 32.2. The predicted molar refractivity (Wildman–Crippen MR) is 93.1 cm³/mol. The highest BCUT2D eigenvalue weighted by molar-refractivity contribution is 7.91. The maximum atomic E-state index is 12.2. The smallest absolute Gasteiger partial charge is 0.406 e. The topological polar surface area (TPSA) is 85.4 Å². The Balaban J connectivity index is 1.59. The molecule has 3 rings (SSSR count). The number of hydrogen-bond acceptors (Lipinski definition) is 6. The van der Waals surface area contributed by atoms with Crippen LogP contribution >= 0.6 is 11.3 Å². The van der Waals surface area contributed by atoms with Crippen LogP contribution in [0.3, 0.4) is 0 Å². The van der Waals surface area contributed by atoms with E-state index < -0.39 is 16.2 Å². The second-order valence-electron chi connectivity index (χ2n) is 6.05. The molecule has 0 spiro atoms. The van der Waals surface area contributed by atoms with Crippen LogP contribution in [0.15, 0.2) is 30.5 Å². The molecule has 1 fully saturated rings. The third-order valence-electron chi connectivity index (χ3n) is 3.82. The van der Waals surface area contributed by atoms with Crippen LogP contribution in [0.5, 0.6) is 5.75 Å². The van der Waals surface area contributed by atoms with Crippen LogP contribution in [0, 0.1) is 0 Å². The monoisotopic (exact) mass is 420 g/mol. The van der Waals surface area contributed by atoms with E-state index in [9.17, 15) is 26.4 Å². The summed E-state index contributed by atoms with van der Waals surface area (Å²) in [7, 11) is -3.07. The molecule has 0 unspecified atom stereocenters. The fraction of sp³-hybridized carbons (Fsp3) is 0.375. The highest BCUT2D eigenvalue weighted by Gasteiger charge is 2.31. The van der Waals surface area contributed by atoms with Crippen LogP contribution < -0.4 is 10.1 Å². The summed E-state index contributed by atoms with van der Waals surface area (Å²) in [6.07, 6.45) is -2.76. The molecular formula is C16H15F3N2O4S2. The first kappa shape index (κ1) is 19.6. The number of aromatic nitrogens is 1. The van der Waals surface area contributed by atoms with Gasteiger partial charge in [-0.05, 0) is 30.7 Å². The van der Waals surface area contributed by atoms with Gasteiger partial charge in [0, 0.05) is 22.7 Å². The van der Waals surface area contributed by atoms with Crippen LogP contribution in [0.2, 0.25) is 0 Å². The number of carbonyl (C=O) groups excluding carboxylic acids is 1. The molecule has 27 heavy (non-hydrogen) atoms. The van der Waals surface area contributed by atoms with Gasteiger partial charge in [0.05, 0.1) is 17.9 Å². The molecule has 2 heterocycles. The number of rotatable bonds is 5. The fourth-order valence-electron chi connectivity index (χ4n) is 2.67. The van der Waals surface area contributed by atoms with E-state index in [0.29, 0.717) is 21.9 Å². The van der Waals surface area contributed by atoms with E-state index in [1.165, 1.54) is 41.8 Å². The Morgan fingerprint density at radius 3 is 2.59 bits per heavy atom. The van der Waals surface area contributed by atoms with Gasteiger partial charge in [0.2, 0.25) is 5.91 Å². The Labute approximate surface area is 157 Å². The summed E-state index contributed by atoms with van der Waals surface area (Å²) in [5.74, 6) is -0.578. The summed E-state index contributed by atoms with van der Waals surface area (Å²) in [6.45, 7) is 0. The Kier molecular flexibility index (Phi) is 5.43. The Morgan fingerprint density at radius 2 is 2.00 bits per heavy atom. The van der Waals surface area contributed by atoms with Crippen molar-refractivity contribution in [3.63, 3.8) is 0 Å². The molecule has 1 aromatic heterocycles. The average Bonchev–Trinajstić information content (AvgIpc) is 3.13. The molecule has 1 atom stereocenters. The lowest BCUT2D eigenvalue weighted by Crippen LogP contribution is -2.36. The molecule has 1 aliphatic heterocycles. The molecule has 11 heteroatoms. The molecule has 0 bridgehead atoms. The number of halogens is 3. The standard InChI is InChI=1S/C16H15F3N2O4S2/c17-16(18,19)25-12-3-1-10(2-4-12)15-20-8-13(26-15)7-14(22)21-11-5-6-27(23,24)9-11/h1-4,8,11H,5-7,9H2,(H,21,22)/t11-/m1/s1.